The van der Waals surface area contributed by atoms with Crippen molar-refractivity contribution in [2.75, 3.05) is 38.3 Å². The van der Waals surface area contributed by atoms with Crippen LogP contribution in [0.5, 0.6) is 0 Å². The van der Waals surface area contributed by atoms with Gasteiger partial charge in [-0.25, -0.2) is 8.42 Å². The first-order chi connectivity index (χ1) is 14.3. The number of rotatable bonds is 8. The highest BCUT2D eigenvalue weighted by atomic mass is 32.2. The number of nitrogen functional groups attached to an aromatic ring is 1. The SMILES string of the molecule is COCCS(=O)(=O)c1csc(-c2cc(C=N)c(N)n(CC(=O)N3CCCC3)c2=O)c1. The Bertz CT molecular complexity index is 1110. The minimum atomic E-state index is -3.54. The van der Waals surface area contributed by atoms with Gasteiger partial charge in [0.1, 0.15) is 12.4 Å². The highest BCUT2D eigenvalue weighted by Crippen LogP contribution is 2.29. The third-order valence-electron chi connectivity index (χ3n) is 5.03. The average molecular weight is 453 g/mol. The number of methoxy groups -OCH3 is 1. The Morgan fingerprint density at radius 1 is 1.33 bits per heavy atom. The molecule has 9 nitrogen and oxygen atoms in total. The summed E-state index contributed by atoms with van der Waals surface area (Å²) < 4.78 is 30.8. The van der Waals surface area contributed by atoms with Crippen LogP contribution in [-0.2, 0) is 25.9 Å². The van der Waals surface area contributed by atoms with Gasteiger partial charge >= 0.3 is 0 Å². The molecule has 0 bridgehead atoms. The number of nitrogens with two attached hydrogens (primary N) is 1. The van der Waals surface area contributed by atoms with Gasteiger partial charge in [-0.05, 0) is 25.0 Å². The maximum absolute atomic E-state index is 13.1. The largest absolute Gasteiger partial charge is 0.384 e. The second-order valence-electron chi connectivity index (χ2n) is 6.98. The molecule has 0 spiro atoms. The van der Waals surface area contributed by atoms with E-state index in [1.165, 1.54) is 24.6 Å². The van der Waals surface area contributed by atoms with Gasteiger partial charge in [0.05, 0.1) is 22.8 Å². The molecule has 1 aliphatic heterocycles. The van der Waals surface area contributed by atoms with Crippen molar-refractivity contribution >= 4 is 39.1 Å². The number of nitrogens with one attached hydrogen (secondary N) is 1. The Morgan fingerprint density at radius 3 is 2.67 bits per heavy atom. The smallest absolute Gasteiger partial charge is 0.261 e. The Morgan fingerprint density at radius 2 is 2.03 bits per heavy atom. The van der Waals surface area contributed by atoms with E-state index in [0.717, 1.165) is 35.0 Å². The van der Waals surface area contributed by atoms with Gasteiger partial charge in [0.15, 0.2) is 9.84 Å². The van der Waals surface area contributed by atoms with Crippen LogP contribution in [0.3, 0.4) is 0 Å². The first-order valence-corrected chi connectivity index (χ1v) is 11.9. The molecule has 2 aromatic rings. The number of carbonyl (C=O) groups excluding carboxylic acids is 1. The molecule has 3 rings (SSSR count). The number of thiophene rings is 1. The topological polar surface area (TPSA) is 136 Å². The van der Waals surface area contributed by atoms with Crippen molar-refractivity contribution in [2.24, 2.45) is 0 Å². The fraction of sp³-hybridized carbons (Fsp3) is 0.421. The third kappa shape index (κ3) is 4.47. The number of hydrogen-bond acceptors (Lipinski definition) is 8. The Hall–Kier alpha value is -2.50. The normalized spacial score (nSPS) is 14.2. The fourth-order valence-electron chi connectivity index (χ4n) is 3.29. The van der Waals surface area contributed by atoms with Crippen LogP contribution in [0.1, 0.15) is 18.4 Å². The zero-order valence-corrected chi connectivity index (χ0v) is 18.2. The van der Waals surface area contributed by atoms with E-state index in [-0.39, 0.29) is 46.7 Å². The molecule has 0 atom stereocenters. The number of pyridine rings is 1. The molecular weight excluding hydrogens is 428 g/mol. The van der Waals surface area contributed by atoms with E-state index in [0.29, 0.717) is 18.0 Å². The molecule has 0 saturated carbocycles. The summed E-state index contributed by atoms with van der Waals surface area (Å²) in [6.45, 7) is 1.15. The summed E-state index contributed by atoms with van der Waals surface area (Å²) in [6.07, 6.45) is 2.87. The van der Waals surface area contributed by atoms with Crippen molar-refractivity contribution in [2.45, 2.75) is 24.3 Å². The molecule has 0 aliphatic carbocycles. The molecule has 3 heterocycles. The maximum Gasteiger partial charge on any atom is 0.261 e. The molecule has 1 aliphatic rings. The summed E-state index contributed by atoms with van der Waals surface area (Å²) in [5.41, 5.74) is 6.05. The second-order valence-corrected chi connectivity index (χ2v) is 10.0. The number of hydrogen-bond donors (Lipinski definition) is 2. The predicted molar refractivity (Wildman–Crippen MR) is 116 cm³/mol. The lowest BCUT2D eigenvalue weighted by molar-refractivity contribution is -0.130. The lowest BCUT2D eigenvalue weighted by Gasteiger charge is -2.18. The van der Waals surface area contributed by atoms with E-state index < -0.39 is 15.4 Å². The molecule has 0 unspecified atom stereocenters. The minimum Gasteiger partial charge on any atom is -0.384 e. The lowest BCUT2D eigenvalue weighted by Crippen LogP contribution is -2.36. The third-order valence-corrected chi connectivity index (χ3v) is 7.80. The Balaban J connectivity index is 2.01. The first-order valence-electron chi connectivity index (χ1n) is 9.40. The van der Waals surface area contributed by atoms with Crippen molar-refractivity contribution < 1.29 is 17.9 Å². The van der Waals surface area contributed by atoms with Gasteiger partial charge in [0, 0.05) is 42.2 Å². The van der Waals surface area contributed by atoms with Gasteiger partial charge in [-0.15, -0.1) is 11.3 Å². The minimum absolute atomic E-state index is 0.0378. The van der Waals surface area contributed by atoms with Crippen LogP contribution in [0.15, 0.2) is 27.2 Å². The number of likely N-dealkylation sites (tertiary alicyclic amines) is 1. The number of anilines is 1. The summed E-state index contributed by atoms with van der Waals surface area (Å²) in [5.74, 6) is -0.332. The molecule has 3 N–H and O–H groups in total. The van der Waals surface area contributed by atoms with Gasteiger partial charge in [-0.1, -0.05) is 0 Å². The summed E-state index contributed by atoms with van der Waals surface area (Å²) in [7, 11) is -2.12. The van der Waals surface area contributed by atoms with Crippen LogP contribution in [0.4, 0.5) is 5.82 Å². The monoisotopic (exact) mass is 452 g/mol. The average Bonchev–Trinajstić information content (AvgIpc) is 3.42. The van der Waals surface area contributed by atoms with E-state index in [1.807, 2.05) is 0 Å². The molecular formula is C19H24N4O5S2. The summed E-state index contributed by atoms with van der Waals surface area (Å²) in [5, 5.41) is 9.09. The van der Waals surface area contributed by atoms with Crippen LogP contribution >= 0.6 is 11.3 Å². The predicted octanol–water partition coefficient (Wildman–Crippen LogP) is 1.20. The van der Waals surface area contributed by atoms with Gasteiger partial charge in [0.25, 0.3) is 5.56 Å². The molecule has 30 heavy (non-hydrogen) atoms. The van der Waals surface area contributed by atoms with Crippen molar-refractivity contribution in [3.63, 3.8) is 0 Å². The first kappa shape index (κ1) is 22.2. The molecule has 0 aromatic carbocycles. The number of amides is 1. The van der Waals surface area contributed by atoms with Crippen LogP contribution in [0, 0.1) is 5.41 Å². The molecule has 162 valence electrons. The van der Waals surface area contributed by atoms with Gasteiger partial charge < -0.3 is 20.8 Å². The second kappa shape index (κ2) is 9.11. The van der Waals surface area contributed by atoms with Crippen LogP contribution in [-0.4, -0.2) is 62.6 Å². The molecule has 1 amide bonds. The quantitative estimate of drug-likeness (QED) is 0.578. The number of ether oxygens (including phenoxy) is 1. The maximum atomic E-state index is 13.1. The van der Waals surface area contributed by atoms with E-state index >= 15 is 0 Å². The lowest BCUT2D eigenvalue weighted by atomic mass is 10.1. The highest BCUT2D eigenvalue weighted by Gasteiger charge is 2.23. The summed E-state index contributed by atoms with van der Waals surface area (Å²) >= 11 is 1.11. The molecule has 11 heteroatoms. The molecule has 2 aromatic heterocycles. The van der Waals surface area contributed by atoms with Gasteiger partial charge in [0.2, 0.25) is 5.91 Å². The van der Waals surface area contributed by atoms with E-state index in [1.54, 1.807) is 4.90 Å². The van der Waals surface area contributed by atoms with Crippen molar-refractivity contribution in [3.05, 3.63) is 33.4 Å². The Labute approximate surface area is 178 Å². The zero-order valence-electron chi connectivity index (χ0n) is 16.6. The van der Waals surface area contributed by atoms with Crippen LogP contribution < -0.4 is 11.3 Å². The number of aromatic nitrogens is 1. The van der Waals surface area contributed by atoms with Crippen LogP contribution in [0.2, 0.25) is 0 Å². The van der Waals surface area contributed by atoms with Crippen LogP contribution in [0.25, 0.3) is 10.4 Å². The number of carbonyl (C=O) groups is 1. The van der Waals surface area contributed by atoms with Crippen molar-refractivity contribution in [3.8, 4) is 10.4 Å². The number of nitrogens with zero attached hydrogens (tertiary/aromatic N) is 2. The van der Waals surface area contributed by atoms with E-state index in [9.17, 15) is 18.0 Å². The summed E-state index contributed by atoms with van der Waals surface area (Å²) in [6, 6.07) is 2.89. The van der Waals surface area contributed by atoms with Crippen molar-refractivity contribution in [1.82, 2.24) is 9.47 Å². The van der Waals surface area contributed by atoms with Gasteiger partial charge in [-0.3, -0.25) is 14.2 Å². The standard InChI is InChI=1S/C19H24N4O5S2/c1-28-6-7-30(26,27)14-9-16(29-12-14)15-8-13(10-20)18(21)23(19(15)25)11-17(24)22-4-2-3-5-22/h8-10,12,20H,2-7,11,21H2,1H3. The van der Waals surface area contributed by atoms with E-state index in [2.05, 4.69) is 0 Å². The van der Waals surface area contributed by atoms with E-state index in [4.69, 9.17) is 15.9 Å². The fourth-order valence-corrected chi connectivity index (χ4v) is 5.79. The van der Waals surface area contributed by atoms with Gasteiger partial charge in [-0.2, -0.15) is 0 Å². The van der Waals surface area contributed by atoms with Crippen molar-refractivity contribution in [1.29, 1.82) is 5.41 Å². The number of sulfone groups is 1. The highest BCUT2D eigenvalue weighted by molar-refractivity contribution is 7.91. The molecule has 0 radical (unpaired) electrons. The zero-order chi connectivity index (χ0) is 21.9. The molecule has 1 fully saturated rings. The summed E-state index contributed by atoms with van der Waals surface area (Å²) in [4.78, 5) is 27.9. The Kier molecular flexibility index (Phi) is 6.74. The molecule has 1 saturated heterocycles.